The van der Waals surface area contributed by atoms with E-state index in [1.807, 2.05) is 0 Å². The van der Waals surface area contributed by atoms with Crippen molar-refractivity contribution < 1.29 is 17.9 Å². The molecule has 2 atom stereocenters. The maximum Gasteiger partial charge on any atom is 0.416 e. The monoisotopic (exact) mass is 301 g/mol. The van der Waals surface area contributed by atoms with Crippen molar-refractivity contribution in [3.63, 3.8) is 0 Å². The maximum atomic E-state index is 12.8. The van der Waals surface area contributed by atoms with E-state index in [1.165, 1.54) is 12.5 Å². The van der Waals surface area contributed by atoms with Gasteiger partial charge in [0.15, 0.2) is 0 Å². The van der Waals surface area contributed by atoms with E-state index in [2.05, 4.69) is 0 Å². The summed E-state index contributed by atoms with van der Waals surface area (Å²) in [5.41, 5.74) is 6.03. The second kappa shape index (κ2) is 6.79. The van der Waals surface area contributed by atoms with Crippen molar-refractivity contribution in [3.05, 3.63) is 35.4 Å². The van der Waals surface area contributed by atoms with Crippen molar-refractivity contribution in [3.8, 4) is 0 Å². The van der Waals surface area contributed by atoms with Crippen LogP contribution in [0.1, 0.15) is 49.3 Å². The minimum absolute atomic E-state index is 0.228. The molecule has 2 unspecified atom stereocenters. The van der Waals surface area contributed by atoms with Crippen LogP contribution in [-0.2, 0) is 10.9 Å². The predicted octanol–water partition coefficient (Wildman–Crippen LogP) is 4.30. The first-order valence-electron chi connectivity index (χ1n) is 7.39. The first-order chi connectivity index (χ1) is 9.93. The van der Waals surface area contributed by atoms with Crippen molar-refractivity contribution in [2.75, 3.05) is 7.11 Å². The molecule has 1 aromatic rings. The van der Waals surface area contributed by atoms with Gasteiger partial charge in [-0.2, -0.15) is 13.2 Å². The van der Waals surface area contributed by atoms with Crippen molar-refractivity contribution in [2.24, 2.45) is 11.7 Å². The SMILES string of the molecule is COC(C1CCCCC1)C(N)c1cccc(C(F)(F)F)c1. The van der Waals surface area contributed by atoms with E-state index in [9.17, 15) is 13.2 Å². The Balaban J connectivity index is 2.18. The maximum absolute atomic E-state index is 12.8. The van der Waals surface area contributed by atoms with Crippen molar-refractivity contribution in [1.29, 1.82) is 0 Å². The van der Waals surface area contributed by atoms with Gasteiger partial charge in [-0.3, -0.25) is 0 Å². The molecule has 2 N–H and O–H groups in total. The summed E-state index contributed by atoms with van der Waals surface area (Å²) in [6.07, 6.45) is 0.985. The van der Waals surface area contributed by atoms with Gasteiger partial charge in [-0.1, -0.05) is 31.4 Å². The highest BCUT2D eigenvalue weighted by atomic mass is 19.4. The van der Waals surface area contributed by atoms with Crippen LogP contribution in [0.3, 0.4) is 0 Å². The Kier molecular flexibility index (Phi) is 5.27. The minimum atomic E-state index is -4.34. The molecule has 1 saturated carbocycles. The predicted molar refractivity (Wildman–Crippen MR) is 75.7 cm³/mol. The fraction of sp³-hybridized carbons (Fsp3) is 0.625. The molecule has 1 aromatic carbocycles. The van der Waals surface area contributed by atoms with Gasteiger partial charge >= 0.3 is 6.18 Å². The summed E-state index contributed by atoms with van der Waals surface area (Å²) >= 11 is 0. The number of rotatable bonds is 4. The first kappa shape index (κ1) is 16.3. The van der Waals surface area contributed by atoms with Crippen LogP contribution in [0.4, 0.5) is 13.2 Å². The lowest BCUT2D eigenvalue weighted by Gasteiger charge is -2.33. The molecule has 0 radical (unpaired) electrons. The number of hydrogen-bond acceptors (Lipinski definition) is 2. The molecule has 0 heterocycles. The zero-order chi connectivity index (χ0) is 15.5. The van der Waals surface area contributed by atoms with Crippen LogP contribution in [0, 0.1) is 5.92 Å². The van der Waals surface area contributed by atoms with Crippen molar-refractivity contribution in [2.45, 2.75) is 50.4 Å². The molecule has 0 bridgehead atoms. The van der Waals surface area contributed by atoms with Crippen LogP contribution < -0.4 is 5.73 Å². The molecule has 1 aliphatic carbocycles. The molecule has 0 aromatic heterocycles. The van der Waals surface area contributed by atoms with Gasteiger partial charge in [-0.25, -0.2) is 0 Å². The van der Waals surface area contributed by atoms with Crippen molar-refractivity contribution >= 4 is 0 Å². The third kappa shape index (κ3) is 3.98. The van der Waals surface area contributed by atoms with Gasteiger partial charge in [0.1, 0.15) is 0 Å². The molecule has 0 saturated heterocycles. The highest BCUT2D eigenvalue weighted by Gasteiger charge is 2.33. The van der Waals surface area contributed by atoms with Crippen LogP contribution in [0.2, 0.25) is 0 Å². The smallest absolute Gasteiger partial charge is 0.379 e. The summed E-state index contributed by atoms with van der Waals surface area (Å²) in [5.74, 6) is 0.327. The lowest BCUT2D eigenvalue weighted by molar-refractivity contribution is -0.137. The molecule has 1 fully saturated rings. The summed E-state index contributed by atoms with van der Waals surface area (Å²) in [4.78, 5) is 0. The Bertz CT molecular complexity index is 455. The standard InChI is InChI=1S/C16H22F3NO/c1-21-15(11-6-3-2-4-7-11)14(20)12-8-5-9-13(10-12)16(17,18)19/h5,8-11,14-15H,2-4,6-7,20H2,1H3. The van der Waals surface area contributed by atoms with E-state index >= 15 is 0 Å². The zero-order valence-corrected chi connectivity index (χ0v) is 12.2. The second-order valence-electron chi connectivity index (χ2n) is 5.75. The lowest BCUT2D eigenvalue weighted by Crippen LogP contribution is -2.36. The van der Waals surface area contributed by atoms with Crippen LogP contribution in [0.5, 0.6) is 0 Å². The average Bonchev–Trinajstić information content (AvgIpc) is 2.48. The molecule has 0 amide bonds. The molecule has 2 nitrogen and oxygen atoms in total. The van der Waals surface area contributed by atoms with Crippen LogP contribution in [0.15, 0.2) is 24.3 Å². The van der Waals surface area contributed by atoms with Crippen molar-refractivity contribution in [1.82, 2.24) is 0 Å². The molecular formula is C16H22F3NO. The molecule has 2 rings (SSSR count). The topological polar surface area (TPSA) is 35.2 Å². The van der Waals surface area contributed by atoms with Gasteiger partial charge < -0.3 is 10.5 Å². The Labute approximate surface area is 123 Å². The van der Waals surface area contributed by atoms with Crippen LogP contribution >= 0.6 is 0 Å². The number of halogens is 3. The Morgan fingerprint density at radius 3 is 2.43 bits per heavy atom. The zero-order valence-electron chi connectivity index (χ0n) is 12.2. The summed E-state index contributed by atoms with van der Waals surface area (Å²) in [7, 11) is 1.59. The van der Waals surface area contributed by atoms with Gasteiger partial charge in [0.25, 0.3) is 0 Å². The largest absolute Gasteiger partial charge is 0.416 e. The summed E-state index contributed by atoms with van der Waals surface area (Å²) in [6.45, 7) is 0. The number of ether oxygens (including phenoxy) is 1. The number of methoxy groups -OCH3 is 1. The van der Waals surface area contributed by atoms with Gasteiger partial charge in [-0.15, -0.1) is 0 Å². The fourth-order valence-electron chi connectivity index (χ4n) is 3.21. The molecule has 5 heteroatoms. The van der Waals surface area contributed by atoms with Crippen LogP contribution in [0.25, 0.3) is 0 Å². The van der Waals surface area contributed by atoms with E-state index in [4.69, 9.17) is 10.5 Å². The highest BCUT2D eigenvalue weighted by Crippen LogP contribution is 2.35. The highest BCUT2D eigenvalue weighted by molar-refractivity contribution is 5.28. The Hall–Kier alpha value is -1.07. The Morgan fingerprint density at radius 1 is 1.19 bits per heavy atom. The van der Waals surface area contributed by atoms with E-state index in [-0.39, 0.29) is 6.10 Å². The van der Waals surface area contributed by atoms with E-state index in [0.29, 0.717) is 11.5 Å². The summed E-state index contributed by atoms with van der Waals surface area (Å²) in [5, 5.41) is 0. The van der Waals surface area contributed by atoms with E-state index in [0.717, 1.165) is 37.8 Å². The summed E-state index contributed by atoms with van der Waals surface area (Å²) in [6, 6.07) is 4.74. The normalized spacial score (nSPS) is 20.2. The molecular weight excluding hydrogens is 279 g/mol. The van der Waals surface area contributed by atoms with Gasteiger partial charge in [0, 0.05) is 7.11 Å². The van der Waals surface area contributed by atoms with Crippen LogP contribution in [-0.4, -0.2) is 13.2 Å². The molecule has 118 valence electrons. The van der Waals surface area contributed by atoms with Gasteiger partial charge in [0.05, 0.1) is 17.7 Å². The number of nitrogens with two attached hydrogens (primary N) is 1. The van der Waals surface area contributed by atoms with Gasteiger partial charge in [0.2, 0.25) is 0 Å². The van der Waals surface area contributed by atoms with E-state index < -0.39 is 17.8 Å². The molecule has 21 heavy (non-hydrogen) atoms. The molecule has 1 aliphatic rings. The first-order valence-corrected chi connectivity index (χ1v) is 7.39. The minimum Gasteiger partial charge on any atom is -0.379 e. The number of hydrogen-bond donors (Lipinski definition) is 1. The quantitative estimate of drug-likeness (QED) is 0.900. The lowest BCUT2D eigenvalue weighted by atomic mass is 9.81. The third-order valence-electron chi connectivity index (χ3n) is 4.34. The average molecular weight is 301 g/mol. The van der Waals surface area contributed by atoms with Gasteiger partial charge in [-0.05, 0) is 36.5 Å². The van der Waals surface area contributed by atoms with E-state index in [1.54, 1.807) is 13.2 Å². The Morgan fingerprint density at radius 2 is 1.86 bits per heavy atom. The fourth-order valence-corrected chi connectivity index (χ4v) is 3.21. The molecule has 0 aliphatic heterocycles. The third-order valence-corrected chi connectivity index (χ3v) is 4.34. The number of benzene rings is 1. The number of alkyl halides is 3. The second-order valence-corrected chi connectivity index (χ2v) is 5.75. The summed E-state index contributed by atoms with van der Waals surface area (Å²) < 4.78 is 43.9. The molecule has 0 spiro atoms.